The lowest BCUT2D eigenvalue weighted by molar-refractivity contribution is -0.144. The monoisotopic (exact) mass is 236 g/mol. The summed E-state index contributed by atoms with van der Waals surface area (Å²) in [6.07, 6.45) is 1.31. The molecule has 16 heavy (non-hydrogen) atoms. The molecule has 0 amide bonds. The number of rotatable bonds is 9. The average molecular weight is 236 g/mol. The second-order valence-electron chi connectivity index (χ2n) is 3.62. The number of allylic oxidation sites excluding steroid dienone is 1. The Labute approximate surface area is 94.1 Å². The minimum atomic E-state index is -2.90. The minimum absolute atomic E-state index is 0.139. The fraction of sp³-hybridized carbons (Fsp3) is 0.727. The molecule has 94 valence electrons. The molecule has 0 aromatic heterocycles. The molecule has 0 heterocycles. The lowest BCUT2D eigenvalue weighted by atomic mass is 10.1. The Balaban J connectivity index is 4.02. The van der Waals surface area contributed by atoms with E-state index in [0.717, 1.165) is 6.42 Å². The van der Waals surface area contributed by atoms with E-state index in [2.05, 4.69) is 6.58 Å². The first-order valence-electron chi connectivity index (χ1n) is 5.26. The highest BCUT2D eigenvalue weighted by Crippen LogP contribution is 2.24. The summed E-state index contributed by atoms with van der Waals surface area (Å²) in [5.41, 5.74) is 0. The predicted molar refractivity (Wildman–Crippen MR) is 56.7 cm³/mol. The van der Waals surface area contributed by atoms with Gasteiger partial charge in [-0.2, -0.15) is 0 Å². The van der Waals surface area contributed by atoms with E-state index in [-0.39, 0.29) is 12.8 Å². The number of aliphatic carboxylic acids is 1. The molecule has 0 aromatic carbocycles. The maximum Gasteiger partial charge on any atom is 0.329 e. The fourth-order valence-electron chi connectivity index (χ4n) is 1.28. The van der Waals surface area contributed by atoms with Gasteiger partial charge in [0.15, 0.2) is 0 Å². The van der Waals surface area contributed by atoms with Crippen molar-refractivity contribution in [2.75, 3.05) is 6.61 Å². The second kappa shape index (κ2) is 7.33. The van der Waals surface area contributed by atoms with Crippen LogP contribution in [0.25, 0.3) is 0 Å². The third-order valence-corrected chi connectivity index (χ3v) is 2.15. The predicted octanol–water partition coefficient (Wildman–Crippen LogP) is 2.86. The average Bonchev–Trinajstić information content (AvgIpc) is 2.22. The molecule has 0 bridgehead atoms. The topological polar surface area (TPSA) is 46.5 Å². The van der Waals surface area contributed by atoms with Crippen molar-refractivity contribution < 1.29 is 23.4 Å². The van der Waals surface area contributed by atoms with Crippen LogP contribution in [0.2, 0.25) is 0 Å². The van der Waals surface area contributed by atoms with Crippen LogP contribution in [-0.2, 0) is 9.53 Å². The largest absolute Gasteiger partial charge is 0.480 e. The summed E-state index contributed by atoms with van der Waals surface area (Å²) in [5, 5.41) is 8.42. The summed E-state index contributed by atoms with van der Waals surface area (Å²) in [6.45, 7) is 4.50. The van der Waals surface area contributed by atoms with Gasteiger partial charge in [0.25, 0.3) is 5.92 Å². The maximum absolute atomic E-state index is 12.9. The van der Waals surface area contributed by atoms with Gasteiger partial charge in [0.1, 0.15) is 6.61 Å². The van der Waals surface area contributed by atoms with Crippen molar-refractivity contribution >= 4 is 5.97 Å². The first-order valence-corrected chi connectivity index (χ1v) is 5.26. The molecule has 1 atom stereocenters. The Bertz CT molecular complexity index is 229. The number of alkyl halides is 2. The zero-order valence-electron chi connectivity index (χ0n) is 9.42. The highest BCUT2D eigenvalue weighted by atomic mass is 19.3. The Morgan fingerprint density at radius 1 is 1.56 bits per heavy atom. The smallest absolute Gasteiger partial charge is 0.329 e. The second-order valence-corrected chi connectivity index (χ2v) is 3.62. The zero-order valence-corrected chi connectivity index (χ0v) is 9.42. The van der Waals surface area contributed by atoms with Crippen molar-refractivity contribution in [2.24, 2.45) is 0 Å². The van der Waals surface area contributed by atoms with Crippen molar-refractivity contribution in [3.63, 3.8) is 0 Å². The van der Waals surface area contributed by atoms with Crippen LogP contribution in [0, 0.1) is 0 Å². The first-order chi connectivity index (χ1) is 7.41. The number of ether oxygens (including phenoxy) is 1. The third kappa shape index (κ3) is 7.34. The van der Waals surface area contributed by atoms with E-state index in [1.54, 1.807) is 0 Å². The van der Waals surface area contributed by atoms with Gasteiger partial charge < -0.3 is 9.84 Å². The van der Waals surface area contributed by atoms with Crippen molar-refractivity contribution in [2.45, 2.75) is 44.6 Å². The summed E-state index contributed by atoms with van der Waals surface area (Å²) in [4.78, 5) is 10.3. The third-order valence-electron chi connectivity index (χ3n) is 2.15. The molecule has 0 aromatic rings. The van der Waals surface area contributed by atoms with Crippen LogP contribution in [0.3, 0.4) is 0 Å². The van der Waals surface area contributed by atoms with Crippen LogP contribution >= 0.6 is 0 Å². The van der Waals surface area contributed by atoms with Crippen LogP contribution in [0.15, 0.2) is 12.7 Å². The minimum Gasteiger partial charge on any atom is -0.480 e. The highest BCUT2D eigenvalue weighted by molar-refractivity contribution is 5.68. The summed E-state index contributed by atoms with van der Waals surface area (Å²) >= 11 is 0. The Morgan fingerprint density at radius 3 is 2.62 bits per heavy atom. The van der Waals surface area contributed by atoms with Crippen molar-refractivity contribution in [1.82, 2.24) is 0 Å². The van der Waals surface area contributed by atoms with Gasteiger partial charge >= 0.3 is 5.97 Å². The van der Waals surface area contributed by atoms with Gasteiger partial charge in [0, 0.05) is 6.42 Å². The number of carboxylic acids is 1. The molecule has 0 spiro atoms. The summed E-state index contributed by atoms with van der Waals surface area (Å²) in [5.74, 6) is -3.99. The molecule has 0 aliphatic heterocycles. The van der Waals surface area contributed by atoms with Crippen LogP contribution in [0.5, 0.6) is 0 Å². The number of halogens is 2. The Hall–Kier alpha value is -0.970. The molecule has 0 rings (SSSR count). The van der Waals surface area contributed by atoms with Gasteiger partial charge in [-0.05, 0) is 18.9 Å². The normalized spacial score (nSPS) is 13.4. The van der Waals surface area contributed by atoms with Crippen molar-refractivity contribution in [3.8, 4) is 0 Å². The Morgan fingerprint density at radius 2 is 2.19 bits per heavy atom. The van der Waals surface area contributed by atoms with Gasteiger partial charge in [-0.15, -0.1) is 0 Å². The molecule has 3 nitrogen and oxygen atoms in total. The quantitative estimate of drug-likeness (QED) is 0.626. The molecule has 0 radical (unpaired) electrons. The maximum atomic E-state index is 12.9. The van der Waals surface area contributed by atoms with Crippen LogP contribution < -0.4 is 0 Å². The molecule has 1 N–H and O–H groups in total. The van der Waals surface area contributed by atoms with Gasteiger partial charge in [0.05, 0.1) is 6.10 Å². The fourth-order valence-corrected chi connectivity index (χ4v) is 1.28. The lowest BCUT2D eigenvalue weighted by Crippen LogP contribution is -2.21. The molecule has 0 aliphatic rings. The standard InChI is InChI=1S/C11H18F2O3/c1-3-5-9(16-8-10(14)15)6-7-11(12,13)4-2/h4,9H,2-3,5-8H2,1H3,(H,14,15). The van der Waals surface area contributed by atoms with Crippen molar-refractivity contribution in [3.05, 3.63) is 12.7 Å². The SMILES string of the molecule is C=CC(F)(F)CCC(CCC)OCC(=O)O. The van der Waals surface area contributed by atoms with Crippen LogP contribution in [-0.4, -0.2) is 29.7 Å². The number of hydrogen-bond donors (Lipinski definition) is 1. The number of carbonyl (C=O) groups is 1. The molecular formula is C11H18F2O3. The van der Waals surface area contributed by atoms with Crippen LogP contribution in [0.1, 0.15) is 32.6 Å². The van der Waals surface area contributed by atoms with Gasteiger partial charge in [-0.1, -0.05) is 19.9 Å². The van der Waals surface area contributed by atoms with Gasteiger partial charge in [-0.3, -0.25) is 0 Å². The molecule has 1 unspecified atom stereocenters. The van der Waals surface area contributed by atoms with E-state index in [1.165, 1.54) is 0 Å². The molecule has 0 fully saturated rings. The number of hydrogen-bond acceptors (Lipinski definition) is 2. The van der Waals surface area contributed by atoms with Gasteiger partial charge in [-0.25, -0.2) is 13.6 Å². The summed E-state index contributed by atoms with van der Waals surface area (Å²) < 4.78 is 30.7. The Kier molecular flexibility index (Phi) is 6.88. The summed E-state index contributed by atoms with van der Waals surface area (Å²) in [6, 6.07) is 0. The number of carboxylic acid groups (broad SMARTS) is 1. The van der Waals surface area contributed by atoms with E-state index in [4.69, 9.17) is 9.84 Å². The van der Waals surface area contributed by atoms with E-state index >= 15 is 0 Å². The van der Waals surface area contributed by atoms with E-state index in [0.29, 0.717) is 12.5 Å². The van der Waals surface area contributed by atoms with E-state index in [9.17, 15) is 13.6 Å². The summed E-state index contributed by atoms with van der Waals surface area (Å²) in [7, 11) is 0. The molecule has 0 aliphatic carbocycles. The highest BCUT2D eigenvalue weighted by Gasteiger charge is 2.25. The molecule has 0 saturated carbocycles. The lowest BCUT2D eigenvalue weighted by Gasteiger charge is -2.18. The van der Waals surface area contributed by atoms with Crippen molar-refractivity contribution in [1.29, 1.82) is 0 Å². The molecule has 0 saturated heterocycles. The van der Waals surface area contributed by atoms with Crippen LogP contribution in [0.4, 0.5) is 8.78 Å². The first kappa shape index (κ1) is 15.0. The zero-order chi connectivity index (χ0) is 12.6. The van der Waals surface area contributed by atoms with E-state index < -0.39 is 24.6 Å². The molecule has 5 heteroatoms. The van der Waals surface area contributed by atoms with Gasteiger partial charge in [0.2, 0.25) is 0 Å². The molecular weight excluding hydrogens is 218 g/mol. The van der Waals surface area contributed by atoms with E-state index in [1.807, 2.05) is 6.92 Å².